The number of ether oxygens (including phenoxy) is 1. The van der Waals surface area contributed by atoms with Gasteiger partial charge in [0.2, 0.25) is 5.91 Å². The van der Waals surface area contributed by atoms with Gasteiger partial charge >= 0.3 is 5.69 Å². The van der Waals surface area contributed by atoms with Crippen LogP contribution in [0.2, 0.25) is 0 Å². The summed E-state index contributed by atoms with van der Waals surface area (Å²) >= 11 is 0. The number of carbonyl (C=O) groups excluding carboxylic acids is 1. The fourth-order valence-corrected chi connectivity index (χ4v) is 2.43. The molecule has 21 heavy (non-hydrogen) atoms. The molecule has 1 saturated heterocycles. The third-order valence-electron chi connectivity index (χ3n) is 3.51. The number of hydrogen-bond donors (Lipinski definition) is 2. The van der Waals surface area contributed by atoms with Gasteiger partial charge in [-0.25, -0.2) is 0 Å². The molecule has 0 radical (unpaired) electrons. The molecule has 1 amide bonds. The third-order valence-corrected chi connectivity index (χ3v) is 3.51. The Morgan fingerprint density at radius 3 is 3.00 bits per heavy atom. The Labute approximate surface area is 122 Å². The highest BCUT2D eigenvalue weighted by molar-refractivity contribution is 5.80. The fourth-order valence-electron chi connectivity index (χ4n) is 2.43. The van der Waals surface area contributed by atoms with Crippen LogP contribution in [-0.2, 0) is 11.3 Å². The number of primary amides is 1. The van der Waals surface area contributed by atoms with E-state index in [0.717, 1.165) is 12.1 Å². The minimum atomic E-state index is -0.480. The Bertz CT molecular complexity index is 549. The highest BCUT2D eigenvalue weighted by Gasteiger charge is 2.27. The second-order valence-electron chi connectivity index (χ2n) is 4.86. The molecule has 1 aromatic carbocycles. The maximum Gasteiger partial charge on any atom is 0.311 e. The van der Waals surface area contributed by atoms with Crippen molar-refractivity contribution in [1.82, 2.24) is 10.2 Å². The number of amides is 1. The van der Waals surface area contributed by atoms with Crippen LogP contribution < -0.4 is 15.8 Å². The van der Waals surface area contributed by atoms with Crippen LogP contribution in [0.15, 0.2) is 18.2 Å². The Morgan fingerprint density at radius 1 is 1.62 bits per heavy atom. The van der Waals surface area contributed by atoms with Gasteiger partial charge in [-0.3, -0.25) is 19.8 Å². The normalized spacial score (nSPS) is 19.2. The largest absolute Gasteiger partial charge is 0.490 e. The minimum Gasteiger partial charge on any atom is -0.490 e. The number of hydrogen-bond acceptors (Lipinski definition) is 6. The highest BCUT2D eigenvalue weighted by Crippen LogP contribution is 2.28. The standard InChI is InChI=1S/C13H18N4O4/c1-21-12-3-2-9(6-10(12)17(19)20)8-16-5-4-15-7-11(16)13(14)18/h2-3,6,11,15H,4-5,7-8H2,1H3,(H2,14,18). The quantitative estimate of drug-likeness (QED) is 0.578. The summed E-state index contributed by atoms with van der Waals surface area (Å²) in [7, 11) is 1.39. The summed E-state index contributed by atoms with van der Waals surface area (Å²) < 4.78 is 4.97. The van der Waals surface area contributed by atoms with Gasteiger partial charge < -0.3 is 15.8 Å². The molecule has 1 aromatic rings. The Hall–Kier alpha value is -2.19. The first-order chi connectivity index (χ1) is 10.0. The molecule has 114 valence electrons. The minimum absolute atomic E-state index is 0.0826. The van der Waals surface area contributed by atoms with Gasteiger partial charge in [0, 0.05) is 32.2 Å². The smallest absolute Gasteiger partial charge is 0.311 e. The first-order valence-electron chi connectivity index (χ1n) is 6.58. The molecule has 1 atom stereocenters. The van der Waals surface area contributed by atoms with Gasteiger partial charge in [-0.2, -0.15) is 0 Å². The van der Waals surface area contributed by atoms with Crippen molar-refractivity contribution < 1.29 is 14.5 Å². The van der Waals surface area contributed by atoms with E-state index in [9.17, 15) is 14.9 Å². The van der Waals surface area contributed by atoms with Gasteiger partial charge in [-0.05, 0) is 11.6 Å². The van der Waals surface area contributed by atoms with E-state index < -0.39 is 16.9 Å². The van der Waals surface area contributed by atoms with E-state index >= 15 is 0 Å². The zero-order valence-electron chi connectivity index (χ0n) is 11.7. The number of methoxy groups -OCH3 is 1. The zero-order chi connectivity index (χ0) is 15.4. The number of nitrogens with two attached hydrogens (primary N) is 1. The van der Waals surface area contributed by atoms with Gasteiger partial charge in [0.05, 0.1) is 12.0 Å². The van der Waals surface area contributed by atoms with Crippen molar-refractivity contribution in [2.75, 3.05) is 26.7 Å². The van der Waals surface area contributed by atoms with Crippen LogP contribution in [0, 0.1) is 10.1 Å². The molecule has 1 heterocycles. The van der Waals surface area contributed by atoms with E-state index in [4.69, 9.17) is 10.5 Å². The van der Waals surface area contributed by atoms with Crippen molar-refractivity contribution in [3.63, 3.8) is 0 Å². The molecule has 0 spiro atoms. The molecule has 1 aliphatic heterocycles. The summed E-state index contributed by atoms with van der Waals surface area (Å²) in [4.78, 5) is 23.9. The number of carbonyl (C=O) groups is 1. The Balaban J connectivity index is 2.20. The number of nitrogens with one attached hydrogen (secondary N) is 1. The highest BCUT2D eigenvalue weighted by atomic mass is 16.6. The van der Waals surface area contributed by atoms with Gasteiger partial charge in [0.1, 0.15) is 6.04 Å². The lowest BCUT2D eigenvalue weighted by molar-refractivity contribution is -0.385. The molecule has 3 N–H and O–H groups in total. The number of nitro benzene ring substituents is 1. The van der Waals surface area contributed by atoms with Crippen molar-refractivity contribution in [2.24, 2.45) is 5.73 Å². The summed E-state index contributed by atoms with van der Waals surface area (Å²) in [6.45, 7) is 2.34. The molecule has 8 heteroatoms. The molecule has 0 bridgehead atoms. The van der Waals surface area contributed by atoms with E-state index in [2.05, 4.69) is 5.32 Å². The SMILES string of the molecule is COc1ccc(CN2CCNCC2C(N)=O)cc1[N+](=O)[O-]. The molecule has 0 aliphatic carbocycles. The Kier molecular flexibility index (Phi) is 4.71. The monoisotopic (exact) mass is 294 g/mol. The van der Waals surface area contributed by atoms with Crippen LogP contribution in [-0.4, -0.2) is 48.5 Å². The number of rotatable bonds is 5. The molecule has 0 aromatic heterocycles. The number of benzene rings is 1. The second kappa shape index (κ2) is 6.51. The zero-order valence-corrected chi connectivity index (χ0v) is 11.7. The van der Waals surface area contributed by atoms with Gasteiger partial charge in [-0.1, -0.05) is 6.07 Å². The third kappa shape index (κ3) is 3.47. The number of nitrogens with zero attached hydrogens (tertiary/aromatic N) is 2. The van der Waals surface area contributed by atoms with Crippen molar-refractivity contribution in [3.05, 3.63) is 33.9 Å². The topological polar surface area (TPSA) is 111 Å². The van der Waals surface area contributed by atoms with E-state index in [1.165, 1.54) is 13.2 Å². The summed E-state index contributed by atoms with van der Waals surface area (Å²) in [5.74, 6) is -0.180. The molecular weight excluding hydrogens is 276 g/mol. The molecule has 8 nitrogen and oxygen atoms in total. The van der Waals surface area contributed by atoms with Crippen LogP contribution in [0.5, 0.6) is 5.75 Å². The fraction of sp³-hybridized carbons (Fsp3) is 0.462. The van der Waals surface area contributed by atoms with Gasteiger partial charge in [0.25, 0.3) is 0 Å². The average Bonchev–Trinajstić information content (AvgIpc) is 2.47. The molecule has 1 unspecified atom stereocenters. The average molecular weight is 294 g/mol. The van der Waals surface area contributed by atoms with E-state index in [1.807, 2.05) is 4.90 Å². The lowest BCUT2D eigenvalue weighted by Crippen LogP contribution is -2.56. The van der Waals surface area contributed by atoms with Crippen molar-refractivity contribution in [3.8, 4) is 5.75 Å². The van der Waals surface area contributed by atoms with Crippen molar-refractivity contribution in [1.29, 1.82) is 0 Å². The Morgan fingerprint density at radius 2 is 2.38 bits per heavy atom. The second-order valence-corrected chi connectivity index (χ2v) is 4.86. The van der Waals surface area contributed by atoms with Crippen LogP contribution in [0.4, 0.5) is 5.69 Å². The van der Waals surface area contributed by atoms with Gasteiger partial charge in [0.15, 0.2) is 5.75 Å². The number of piperazine rings is 1. The summed E-state index contributed by atoms with van der Waals surface area (Å²) in [6, 6.07) is 4.39. The summed E-state index contributed by atoms with van der Waals surface area (Å²) in [6.07, 6.45) is 0. The number of nitro groups is 1. The predicted octanol–water partition coefficient (Wildman–Crippen LogP) is -0.137. The maximum absolute atomic E-state index is 11.4. The van der Waals surface area contributed by atoms with Crippen LogP contribution in [0.3, 0.4) is 0 Å². The molecular formula is C13H18N4O4. The van der Waals surface area contributed by atoms with Crippen molar-refractivity contribution in [2.45, 2.75) is 12.6 Å². The first-order valence-corrected chi connectivity index (χ1v) is 6.58. The van der Waals surface area contributed by atoms with Crippen LogP contribution in [0.25, 0.3) is 0 Å². The predicted molar refractivity (Wildman–Crippen MR) is 75.9 cm³/mol. The lowest BCUT2D eigenvalue weighted by Gasteiger charge is -2.34. The van der Waals surface area contributed by atoms with Crippen LogP contribution >= 0.6 is 0 Å². The maximum atomic E-state index is 11.4. The molecule has 0 saturated carbocycles. The molecule has 2 rings (SSSR count). The lowest BCUT2D eigenvalue weighted by atomic mass is 10.1. The summed E-state index contributed by atoms with van der Waals surface area (Å²) in [5, 5.41) is 14.1. The van der Waals surface area contributed by atoms with Gasteiger partial charge in [-0.15, -0.1) is 0 Å². The van der Waals surface area contributed by atoms with Crippen LogP contribution in [0.1, 0.15) is 5.56 Å². The summed E-state index contributed by atoms with van der Waals surface area (Å²) in [5.41, 5.74) is 6.05. The van der Waals surface area contributed by atoms with E-state index in [-0.39, 0.29) is 11.4 Å². The molecule has 1 aliphatic rings. The first kappa shape index (κ1) is 15.2. The molecule has 1 fully saturated rings. The van der Waals surface area contributed by atoms with Crippen molar-refractivity contribution >= 4 is 11.6 Å². The van der Waals surface area contributed by atoms with E-state index in [1.54, 1.807) is 12.1 Å². The van der Waals surface area contributed by atoms with E-state index in [0.29, 0.717) is 19.6 Å².